The Balaban J connectivity index is 1.75. The van der Waals surface area contributed by atoms with Crippen molar-refractivity contribution in [1.29, 1.82) is 0 Å². The molecule has 1 atom stereocenters. The van der Waals surface area contributed by atoms with Gasteiger partial charge in [-0.15, -0.1) is 0 Å². The lowest BCUT2D eigenvalue weighted by Crippen LogP contribution is -2.39. The number of pyridine rings is 1. The normalized spacial score (nSPS) is 17.8. The number of nitrogens with zero attached hydrogens (tertiary/aromatic N) is 2. The third-order valence-corrected chi connectivity index (χ3v) is 4.28. The van der Waals surface area contributed by atoms with Crippen molar-refractivity contribution in [2.24, 2.45) is 5.92 Å². The van der Waals surface area contributed by atoms with E-state index in [0.717, 1.165) is 30.9 Å². The first-order valence-electron chi connectivity index (χ1n) is 7.89. The van der Waals surface area contributed by atoms with Crippen LogP contribution in [0.25, 0.3) is 0 Å². The van der Waals surface area contributed by atoms with Crippen molar-refractivity contribution in [2.75, 3.05) is 18.4 Å². The van der Waals surface area contributed by atoms with Crippen molar-refractivity contribution < 1.29 is 4.79 Å². The van der Waals surface area contributed by atoms with Crippen molar-refractivity contribution >= 4 is 28.9 Å². The van der Waals surface area contributed by atoms with Gasteiger partial charge in [-0.3, -0.25) is 9.78 Å². The minimum atomic E-state index is 0.0544. The summed E-state index contributed by atoms with van der Waals surface area (Å²) in [4.78, 5) is 18.8. The highest BCUT2D eigenvalue weighted by molar-refractivity contribution is 6.30. The number of rotatable bonds is 3. The quantitative estimate of drug-likeness (QED) is 0.910. The molecule has 0 aliphatic carbocycles. The van der Waals surface area contributed by atoms with Crippen LogP contribution >= 0.6 is 11.6 Å². The lowest BCUT2D eigenvalue weighted by molar-refractivity contribution is 0.0682. The highest BCUT2D eigenvalue weighted by Crippen LogP contribution is 2.22. The summed E-state index contributed by atoms with van der Waals surface area (Å²) in [6, 6.07) is 9.30. The predicted molar refractivity (Wildman–Crippen MR) is 93.3 cm³/mol. The SMILES string of the molecule is CC1CCCN(C(=O)c2cncc(Nc3cccc(Cl)c3)c2)C1. The van der Waals surface area contributed by atoms with Crippen LogP contribution in [0.5, 0.6) is 0 Å². The highest BCUT2D eigenvalue weighted by atomic mass is 35.5. The standard InChI is InChI=1S/C18H20ClN3O/c1-13-4-3-7-22(12-13)18(23)14-8-17(11-20-10-14)21-16-6-2-5-15(19)9-16/h2,5-6,8-11,13,21H,3-4,7,12H2,1H3. The van der Waals surface area contributed by atoms with Gasteiger partial charge in [0.05, 0.1) is 17.4 Å². The van der Waals surface area contributed by atoms with Gasteiger partial charge in [0, 0.05) is 30.0 Å². The highest BCUT2D eigenvalue weighted by Gasteiger charge is 2.22. The summed E-state index contributed by atoms with van der Waals surface area (Å²) >= 11 is 5.99. The molecular weight excluding hydrogens is 310 g/mol. The lowest BCUT2D eigenvalue weighted by Gasteiger charge is -2.31. The molecule has 1 aliphatic rings. The van der Waals surface area contributed by atoms with Crippen LogP contribution in [0.1, 0.15) is 30.1 Å². The van der Waals surface area contributed by atoms with Gasteiger partial charge in [0.2, 0.25) is 0 Å². The number of anilines is 2. The summed E-state index contributed by atoms with van der Waals surface area (Å²) in [6.07, 6.45) is 5.60. The Kier molecular flexibility index (Phi) is 4.82. The van der Waals surface area contributed by atoms with Crippen LogP contribution < -0.4 is 5.32 Å². The maximum atomic E-state index is 12.6. The number of carbonyl (C=O) groups is 1. The van der Waals surface area contributed by atoms with Gasteiger partial charge in [-0.2, -0.15) is 0 Å². The van der Waals surface area contributed by atoms with Gasteiger partial charge >= 0.3 is 0 Å². The van der Waals surface area contributed by atoms with Crippen LogP contribution in [-0.4, -0.2) is 28.9 Å². The van der Waals surface area contributed by atoms with Gasteiger partial charge in [0.15, 0.2) is 0 Å². The summed E-state index contributed by atoms with van der Waals surface area (Å²) < 4.78 is 0. The minimum absolute atomic E-state index is 0.0544. The molecule has 2 heterocycles. The first-order valence-corrected chi connectivity index (χ1v) is 8.26. The van der Waals surface area contributed by atoms with E-state index < -0.39 is 0 Å². The van der Waals surface area contributed by atoms with Crippen molar-refractivity contribution in [2.45, 2.75) is 19.8 Å². The zero-order chi connectivity index (χ0) is 16.2. The molecule has 1 saturated heterocycles. The molecule has 1 unspecified atom stereocenters. The average molecular weight is 330 g/mol. The van der Waals surface area contributed by atoms with Crippen molar-refractivity contribution in [1.82, 2.24) is 9.88 Å². The fourth-order valence-electron chi connectivity index (χ4n) is 2.91. The summed E-state index contributed by atoms with van der Waals surface area (Å²) in [5.41, 5.74) is 2.27. The first-order chi connectivity index (χ1) is 11.1. The van der Waals surface area contributed by atoms with E-state index in [2.05, 4.69) is 17.2 Å². The number of nitrogens with one attached hydrogen (secondary N) is 1. The zero-order valence-corrected chi connectivity index (χ0v) is 13.9. The molecule has 1 fully saturated rings. The van der Waals surface area contributed by atoms with Gasteiger partial charge in [-0.1, -0.05) is 24.6 Å². The molecule has 3 rings (SSSR count). The first kappa shape index (κ1) is 15.8. The number of likely N-dealkylation sites (tertiary alicyclic amines) is 1. The molecule has 0 saturated carbocycles. The summed E-state index contributed by atoms with van der Waals surface area (Å²) in [5.74, 6) is 0.618. The molecule has 1 amide bonds. The van der Waals surface area contributed by atoms with Gasteiger partial charge in [-0.05, 0) is 43.0 Å². The molecule has 4 nitrogen and oxygen atoms in total. The Hall–Kier alpha value is -2.07. The second-order valence-electron chi connectivity index (χ2n) is 6.10. The van der Waals surface area contributed by atoms with E-state index in [-0.39, 0.29) is 5.91 Å². The van der Waals surface area contributed by atoms with E-state index in [0.29, 0.717) is 16.5 Å². The topological polar surface area (TPSA) is 45.2 Å². The monoisotopic (exact) mass is 329 g/mol. The third-order valence-electron chi connectivity index (χ3n) is 4.04. The van der Waals surface area contributed by atoms with E-state index in [9.17, 15) is 4.79 Å². The molecule has 0 radical (unpaired) electrons. The molecule has 0 spiro atoms. The van der Waals surface area contributed by atoms with Gasteiger partial charge in [0.25, 0.3) is 5.91 Å². The second kappa shape index (κ2) is 7.01. The smallest absolute Gasteiger partial charge is 0.255 e. The number of benzene rings is 1. The number of aromatic nitrogens is 1. The molecular formula is C18H20ClN3O. The fraction of sp³-hybridized carbons (Fsp3) is 0.333. The second-order valence-corrected chi connectivity index (χ2v) is 6.53. The Morgan fingerprint density at radius 2 is 2.17 bits per heavy atom. The largest absolute Gasteiger partial charge is 0.354 e. The van der Waals surface area contributed by atoms with Crippen LogP contribution in [0, 0.1) is 5.92 Å². The Bertz CT molecular complexity index is 704. The lowest BCUT2D eigenvalue weighted by atomic mass is 10.00. The maximum absolute atomic E-state index is 12.6. The van der Waals surface area contributed by atoms with E-state index in [4.69, 9.17) is 11.6 Å². The zero-order valence-electron chi connectivity index (χ0n) is 13.1. The molecule has 120 valence electrons. The van der Waals surface area contributed by atoms with Crippen LogP contribution in [0.4, 0.5) is 11.4 Å². The molecule has 1 N–H and O–H groups in total. The van der Waals surface area contributed by atoms with Crippen molar-refractivity contribution in [3.8, 4) is 0 Å². The van der Waals surface area contributed by atoms with Gasteiger partial charge in [-0.25, -0.2) is 0 Å². The van der Waals surface area contributed by atoms with Crippen LogP contribution in [0.2, 0.25) is 5.02 Å². The van der Waals surface area contributed by atoms with Gasteiger partial charge < -0.3 is 10.2 Å². The van der Waals surface area contributed by atoms with Crippen LogP contribution in [0.3, 0.4) is 0 Å². The molecule has 2 aromatic rings. The number of carbonyl (C=O) groups excluding carboxylic acids is 1. The Labute approximate surface area is 141 Å². The summed E-state index contributed by atoms with van der Waals surface area (Å²) in [6.45, 7) is 3.84. The van der Waals surface area contributed by atoms with Crippen LogP contribution in [0.15, 0.2) is 42.7 Å². The van der Waals surface area contributed by atoms with Gasteiger partial charge in [0.1, 0.15) is 0 Å². The predicted octanol–water partition coefficient (Wildman–Crippen LogP) is 4.35. The van der Waals surface area contributed by atoms with Crippen molar-refractivity contribution in [3.63, 3.8) is 0 Å². The molecule has 1 aliphatic heterocycles. The number of amides is 1. The molecule has 1 aromatic heterocycles. The molecule has 0 bridgehead atoms. The average Bonchev–Trinajstić information content (AvgIpc) is 2.54. The van der Waals surface area contributed by atoms with E-state index in [1.165, 1.54) is 6.42 Å². The number of piperidine rings is 1. The summed E-state index contributed by atoms with van der Waals surface area (Å²) in [7, 11) is 0. The summed E-state index contributed by atoms with van der Waals surface area (Å²) in [5, 5.41) is 3.90. The third kappa shape index (κ3) is 4.02. The van der Waals surface area contributed by atoms with E-state index in [1.807, 2.05) is 35.2 Å². The fourth-order valence-corrected chi connectivity index (χ4v) is 3.10. The number of hydrogen-bond donors (Lipinski definition) is 1. The number of halogens is 1. The van der Waals surface area contributed by atoms with Crippen molar-refractivity contribution in [3.05, 3.63) is 53.3 Å². The number of hydrogen-bond acceptors (Lipinski definition) is 3. The van der Waals surface area contributed by atoms with Crippen LogP contribution in [-0.2, 0) is 0 Å². The molecule has 5 heteroatoms. The minimum Gasteiger partial charge on any atom is -0.354 e. The van der Waals surface area contributed by atoms with E-state index >= 15 is 0 Å². The Morgan fingerprint density at radius 3 is 2.96 bits per heavy atom. The molecule has 23 heavy (non-hydrogen) atoms. The van der Waals surface area contributed by atoms with E-state index in [1.54, 1.807) is 12.4 Å². The Morgan fingerprint density at radius 1 is 1.30 bits per heavy atom. The molecule has 1 aromatic carbocycles. The maximum Gasteiger partial charge on any atom is 0.255 e.